The highest BCUT2D eigenvalue weighted by molar-refractivity contribution is 5.91. The summed E-state index contributed by atoms with van der Waals surface area (Å²) in [4.78, 5) is 27.8. The van der Waals surface area contributed by atoms with E-state index in [9.17, 15) is 9.59 Å². The van der Waals surface area contributed by atoms with Crippen LogP contribution in [-0.4, -0.2) is 33.7 Å². The number of amides is 1. The lowest BCUT2D eigenvalue weighted by molar-refractivity contribution is 0.0540. The Balaban J connectivity index is 1.82. The maximum atomic E-state index is 12.0. The van der Waals surface area contributed by atoms with E-state index in [0.717, 1.165) is 0 Å². The van der Waals surface area contributed by atoms with Crippen molar-refractivity contribution in [3.63, 3.8) is 0 Å². The SMILES string of the molecule is CC(C)(C)OC(=O)n1cc(CCCNC(=O)c2ccco2)nc1N. The van der Waals surface area contributed by atoms with Gasteiger partial charge in [-0.3, -0.25) is 4.79 Å². The van der Waals surface area contributed by atoms with Crippen LogP contribution in [0.1, 0.15) is 43.4 Å². The van der Waals surface area contributed by atoms with Gasteiger partial charge in [-0.15, -0.1) is 0 Å². The van der Waals surface area contributed by atoms with E-state index in [1.165, 1.54) is 10.8 Å². The first kappa shape index (κ1) is 17.6. The summed E-state index contributed by atoms with van der Waals surface area (Å²) in [6, 6.07) is 3.25. The van der Waals surface area contributed by atoms with Crippen LogP contribution >= 0.6 is 0 Å². The highest BCUT2D eigenvalue weighted by Crippen LogP contribution is 2.13. The number of hydrogen-bond acceptors (Lipinski definition) is 6. The van der Waals surface area contributed by atoms with Crippen molar-refractivity contribution in [3.05, 3.63) is 36.0 Å². The first-order valence-electron chi connectivity index (χ1n) is 7.65. The molecular weight excluding hydrogens is 312 g/mol. The van der Waals surface area contributed by atoms with Crippen LogP contribution in [0, 0.1) is 0 Å². The summed E-state index contributed by atoms with van der Waals surface area (Å²) in [7, 11) is 0. The van der Waals surface area contributed by atoms with Crippen molar-refractivity contribution in [3.8, 4) is 0 Å². The third-order valence-corrected chi connectivity index (χ3v) is 3.01. The summed E-state index contributed by atoms with van der Waals surface area (Å²) in [5.41, 5.74) is 5.80. The van der Waals surface area contributed by atoms with E-state index < -0.39 is 11.7 Å². The summed E-state index contributed by atoms with van der Waals surface area (Å²) in [6.45, 7) is 5.79. The molecule has 0 spiro atoms. The molecule has 0 bridgehead atoms. The van der Waals surface area contributed by atoms with Gasteiger partial charge in [0.1, 0.15) is 5.60 Å². The number of furan rings is 1. The number of rotatable bonds is 5. The smallest absolute Gasteiger partial charge is 0.421 e. The number of aromatic nitrogens is 2. The number of ether oxygens (including phenoxy) is 1. The third kappa shape index (κ3) is 4.87. The summed E-state index contributed by atoms with van der Waals surface area (Å²) in [6.07, 6.45) is 3.65. The Morgan fingerprint density at radius 1 is 1.42 bits per heavy atom. The molecule has 0 saturated heterocycles. The fourth-order valence-corrected chi connectivity index (χ4v) is 1.99. The minimum Gasteiger partial charge on any atom is -0.459 e. The Hall–Kier alpha value is -2.77. The molecule has 2 rings (SSSR count). The number of hydrogen-bond donors (Lipinski definition) is 2. The van der Waals surface area contributed by atoms with E-state index in [4.69, 9.17) is 14.9 Å². The van der Waals surface area contributed by atoms with Crippen LogP contribution in [0.25, 0.3) is 0 Å². The van der Waals surface area contributed by atoms with Crippen LogP contribution in [-0.2, 0) is 11.2 Å². The zero-order valence-corrected chi connectivity index (χ0v) is 14.0. The average Bonchev–Trinajstić information content (AvgIpc) is 3.11. The molecule has 1 amide bonds. The zero-order chi connectivity index (χ0) is 17.7. The van der Waals surface area contributed by atoms with E-state index in [2.05, 4.69) is 10.3 Å². The maximum Gasteiger partial charge on any atom is 0.421 e. The molecule has 0 unspecified atom stereocenters. The molecule has 24 heavy (non-hydrogen) atoms. The van der Waals surface area contributed by atoms with E-state index >= 15 is 0 Å². The molecule has 130 valence electrons. The molecule has 2 heterocycles. The van der Waals surface area contributed by atoms with Gasteiger partial charge >= 0.3 is 6.09 Å². The second-order valence-electron chi connectivity index (χ2n) is 6.28. The van der Waals surface area contributed by atoms with Gasteiger partial charge in [0.05, 0.1) is 12.0 Å². The van der Waals surface area contributed by atoms with Gasteiger partial charge < -0.3 is 20.2 Å². The topological polar surface area (TPSA) is 112 Å². The van der Waals surface area contributed by atoms with Crippen molar-refractivity contribution in [2.45, 2.75) is 39.2 Å². The van der Waals surface area contributed by atoms with Crippen molar-refractivity contribution in [1.82, 2.24) is 14.9 Å². The number of nitrogen functional groups attached to an aromatic ring is 1. The van der Waals surface area contributed by atoms with Crippen molar-refractivity contribution < 1.29 is 18.7 Å². The normalized spacial score (nSPS) is 11.3. The molecule has 3 N–H and O–H groups in total. The maximum absolute atomic E-state index is 12.0. The second kappa shape index (κ2) is 7.20. The number of carbonyl (C=O) groups excluding carboxylic acids is 2. The molecule has 0 atom stereocenters. The van der Waals surface area contributed by atoms with Crippen LogP contribution in [0.4, 0.5) is 10.7 Å². The van der Waals surface area contributed by atoms with E-state index in [0.29, 0.717) is 25.1 Å². The quantitative estimate of drug-likeness (QED) is 0.811. The van der Waals surface area contributed by atoms with Crippen LogP contribution in [0.3, 0.4) is 0 Å². The van der Waals surface area contributed by atoms with Crippen molar-refractivity contribution >= 4 is 17.9 Å². The highest BCUT2D eigenvalue weighted by Gasteiger charge is 2.20. The Morgan fingerprint density at radius 2 is 2.17 bits per heavy atom. The molecule has 8 heteroatoms. The van der Waals surface area contributed by atoms with Gasteiger partial charge in [0.25, 0.3) is 5.91 Å². The van der Waals surface area contributed by atoms with Gasteiger partial charge in [0.2, 0.25) is 5.95 Å². The molecule has 0 aromatic carbocycles. The van der Waals surface area contributed by atoms with Crippen molar-refractivity contribution in [2.24, 2.45) is 0 Å². The number of nitrogens with two attached hydrogens (primary N) is 1. The predicted molar refractivity (Wildman–Crippen MR) is 87.6 cm³/mol. The van der Waals surface area contributed by atoms with E-state index in [1.807, 2.05) is 0 Å². The fourth-order valence-electron chi connectivity index (χ4n) is 1.99. The number of nitrogens with one attached hydrogen (secondary N) is 1. The predicted octanol–water partition coefficient (Wildman–Crippen LogP) is 2.20. The van der Waals surface area contributed by atoms with E-state index in [-0.39, 0.29) is 17.6 Å². The Morgan fingerprint density at radius 3 is 2.79 bits per heavy atom. The summed E-state index contributed by atoms with van der Waals surface area (Å²) in [5, 5.41) is 2.74. The first-order valence-corrected chi connectivity index (χ1v) is 7.65. The number of nitrogens with zero attached hydrogens (tertiary/aromatic N) is 2. The number of imidazole rings is 1. The summed E-state index contributed by atoms with van der Waals surface area (Å²) < 4.78 is 11.4. The lowest BCUT2D eigenvalue weighted by Gasteiger charge is -2.19. The molecule has 0 aliphatic rings. The lowest BCUT2D eigenvalue weighted by atomic mass is 10.2. The van der Waals surface area contributed by atoms with Gasteiger partial charge in [0.15, 0.2) is 5.76 Å². The fraction of sp³-hybridized carbons (Fsp3) is 0.438. The van der Waals surface area contributed by atoms with Crippen molar-refractivity contribution in [1.29, 1.82) is 0 Å². The summed E-state index contributed by atoms with van der Waals surface area (Å²) in [5.74, 6) is 0.0890. The van der Waals surface area contributed by atoms with E-state index in [1.54, 1.807) is 39.1 Å². The van der Waals surface area contributed by atoms with Gasteiger partial charge in [0, 0.05) is 12.7 Å². The van der Waals surface area contributed by atoms with Gasteiger partial charge in [-0.25, -0.2) is 14.3 Å². The monoisotopic (exact) mass is 334 g/mol. The molecular formula is C16H22N4O4. The third-order valence-electron chi connectivity index (χ3n) is 3.01. The van der Waals surface area contributed by atoms with Crippen LogP contribution in [0.5, 0.6) is 0 Å². The average molecular weight is 334 g/mol. The first-order chi connectivity index (χ1) is 11.3. The Bertz CT molecular complexity index is 698. The Kier molecular flexibility index (Phi) is 5.28. The summed E-state index contributed by atoms with van der Waals surface area (Å²) >= 11 is 0. The standard InChI is InChI=1S/C16H22N4O4/c1-16(2,3)24-15(22)20-10-11(19-14(20)17)6-4-8-18-13(21)12-7-5-9-23-12/h5,7,9-10H,4,6,8H2,1-3H3,(H2,17,19)(H,18,21). The highest BCUT2D eigenvalue weighted by atomic mass is 16.6. The second-order valence-corrected chi connectivity index (χ2v) is 6.28. The van der Waals surface area contributed by atoms with Crippen LogP contribution in [0.2, 0.25) is 0 Å². The largest absolute Gasteiger partial charge is 0.459 e. The lowest BCUT2D eigenvalue weighted by Crippen LogP contribution is -2.27. The minimum atomic E-state index is -0.607. The van der Waals surface area contributed by atoms with Crippen molar-refractivity contribution in [2.75, 3.05) is 12.3 Å². The van der Waals surface area contributed by atoms with Gasteiger partial charge in [-0.1, -0.05) is 0 Å². The zero-order valence-electron chi connectivity index (χ0n) is 14.0. The van der Waals surface area contributed by atoms with Crippen LogP contribution < -0.4 is 11.1 Å². The number of carbonyl (C=O) groups is 2. The number of aryl methyl sites for hydroxylation is 1. The molecule has 0 aliphatic carbocycles. The molecule has 2 aromatic heterocycles. The minimum absolute atomic E-state index is 0.0823. The molecule has 0 radical (unpaired) electrons. The molecule has 0 fully saturated rings. The molecule has 2 aromatic rings. The number of anilines is 1. The molecule has 8 nitrogen and oxygen atoms in total. The molecule has 0 aliphatic heterocycles. The van der Waals surface area contributed by atoms with Crippen LogP contribution in [0.15, 0.2) is 29.0 Å². The van der Waals surface area contributed by atoms with Gasteiger partial charge in [-0.05, 0) is 45.7 Å². The molecule has 0 saturated carbocycles. The van der Waals surface area contributed by atoms with Gasteiger partial charge in [-0.2, -0.15) is 0 Å². The Labute approximate surface area is 140 Å².